The van der Waals surface area contributed by atoms with Crippen LogP contribution in [-0.2, 0) is 5.41 Å². The van der Waals surface area contributed by atoms with Gasteiger partial charge in [-0.05, 0) is 67.5 Å². The Morgan fingerprint density at radius 3 is 1.81 bits per heavy atom. The topological polar surface area (TPSA) is 0 Å². The van der Waals surface area contributed by atoms with E-state index in [1.165, 1.54) is 33.4 Å². The first-order valence-electron chi connectivity index (χ1n) is 14.0. The molecular weight excluding hydrogens is 444 g/mol. The molecule has 0 nitrogen and oxygen atoms in total. The minimum absolute atomic E-state index is 0.372. The summed E-state index contributed by atoms with van der Waals surface area (Å²) < 4.78 is 0. The number of allylic oxidation sites excluding steroid dienone is 15. The van der Waals surface area contributed by atoms with Crippen LogP contribution >= 0.6 is 0 Å². The Hall–Kier alpha value is -3.12. The average Bonchev–Trinajstić information content (AvgIpc) is 3.23. The van der Waals surface area contributed by atoms with Gasteiger partial charge in [-0.1, -0.05) is 153 Å². The summed E-state index contributed by atoms with van der Waals surface area (Å²) in [7, 11) is 0. The second-order valence-corrected chi connectivity index (χ2v) is 7.13. The normalized spacial score (nSPS) is 18.4. The van der Waals surface area contributed by atoms with E-state index in [0.29, 0.717) is 0 Å². The van der Waals surface area contributed by atoms with Gasteiger partial charge in [-0.2, -0.15) is 0 Å². The molecule has 0 amide bonds. The molecule has 0 heterocycles. The molecule has 0 aliphatic heterocycles. The second kappa shape index (κ2) is 24.6. The lowest BCUT2D eigenvalue weighted by Crippen LogP contribution is -2.29. The van der Waals surface area contributed by atoms with E-state index in [-0.39, 0.29) is 5.41 Å². The first kappa shape index (κ1) is 38.4. The highest BCUT2D eigenvalue weighted by Crippen LogP contribution is 2.58. The van der Waals surface area contributed by atoms with Gasteiger partial charge in [0.05, 0.1) is 5.41 Å². The maximum absolute atomic E-state index is 4.03. The summed E-state index contributed by atoms with van der Waals surface area (Å²) in [6.07, 6.45) is 24.0. The SMILES string of the molecule is C=C/C=C\C(=C/CC)C1(C(/C=C\C)=C/C)C(=C/C=C)/C(=C\C)c2ccccc21.C=CC.CC.CC.CC. The molecule has 0 saturated carbocycles. The number of hydrogen-bond donors (Lipinski definition) is 0. The van der Waals surface area contributed by atoms with Crippen LogP contribution in [0.15, 0.2) is 128 Å². The Balaban J connectivity index is -0.00000114. The van der Waals surface area contributed by atoms with E-state index in [1.54, 1.807) is 6.08 Å². The van der Waals surface area contributed by atoms with Crippen LogP contribution in [0.25, 0.3) is 5.57 Å². The van der Waals surface area contributed by atoms with Crippen LogP contribution in [0.5, 0.6) is 0 Å². The van der Waals surface area contributed by atoms with E-state index in [9.17, 15) is 0 Å². The van der Waals surface area contributed by atoms with Gasteiger partial charge in [-0.15, -0.1) is 6.58 Å². The summed E-state index contributed by atoms with van der Waals surface area (Å²) in [5, 5.41) is 0. The molecule has 1 aliphatic rings. The van der Waals surface area contributed by atoms with Gasteiger partial charge in [-0.3, -0.25) is 0 Å². The van der Waals surface area contributed by atoms with E-state index in [0.717, 1.165) is 6.42 Å². The van der Waals surface area contributed by atoms with Crippen molar-refractivity contribution in [1.82, 2.24) is 0 Å². The molecule has 2 rings (SSSR count). The van der Waals surface area contributed by atoms with Crippen molar-refractivity contribution in [2.75, 3.05) is 0 Å². The van der Waals surface area contributed by atoms with Crippen molar-refractivity contribution in [3.8, 4) is 0 Å². The zero-order valence-electron chi connectivity index (χ0n) is 26.0. The van der Waals surface area contributed by atoms with Gasteiger partial charge >= 0.3 is 0 Å². The van der Waals surface area contributed by atoms with Crippen LogP contribution in [0.4, 0.5) is 0 Å². The second-order valence-electron chi connectivity index (χ2n) is 7.13. The third-order valence-electron chi connectivity index (χ3n) is 5.25. The van der Waals surface area contributed by atoms with Crippen LogP contribution in [0.1, 0.15) is 93.7 Å². The maximum Gasteiger partial charge on any atom is 0.0707 e. The number of hydrogen-bond acceptors (Lipinski definition) is 0. The Morgan fingerprint density at radius 2 is 1.38 bits per heavy atom. The van der Waals surface area contributed by atoms with Crippen molar-refractivity contribution in [3.05, 3.63) is 139 Å². The summed E-state index contributed by atoms with van der Waals surface area (Å²) in [6.45, 7) is 33.7. The molecule has 1 atom stereocenters. The van der Waals surface area contributed by atoms with Gasteiger partial charge in [0.25, 0.3) is 0 Å². The van der Waals surface area contributed by atoms with E-state index in [4.69, 9.17) is 0 Å². The number of benzene rings is 1. The molecule has 0 aromatic heterocycles. The van der Waals surface area contributed by atoms with Crippen molar-refractivity contribution in [3.63, 3.8) is 0 Å². The summed E-state index contributed by atoms with van der Waals surface area (Å²) in [6, 6.07) is 8.76. The summed E-state index contributed by atoms with van der Waals surface area (Å²) >= 11 is 0. The van der Waals surface area contributed by atoms with Gasteiger partial charge in [0.1, 0.15) is 0 Å². The largest absolute Gasteiger partial charge is 0.103 e. The third-order valence-corrected chi connectivity index (χ3v) is 5.25. The maximum atomic E-state index is 4.03. The molecule has 0 heteroatoms. The molecule has 0 bridgehead atoms. The van der Waals surface area contributed by atoms with Crippen LogP contribution in [-0.4, -0.2) is 0 Å². The highest BCUT2D eigenvalue weighted by atomic mass is 14.5. The quantitative estimate of drug-likeness (QED) is 0.258. The van der Waals surface area contributed by atoms with Crippen LogP contribution in [0.3, 0.4) is 0 Å². The van der Waals surface area contributed by atoms with E-state index in [1.807, 2.05) is 66.7 Å². The zero-order valence-corrected chi connectivity index (χ0v) is 26.0. The van der Waals surface area contributed by atoms with Gasteiger partial charge in [-0.25, -0.2) is 0 Å². The van der Waals surface area contributed by atoms with Crippen LogP contribution < -0.4 is 0 Å². The fourth-order valence-electron chi connectivity index (χ4n) is 4.32. The van der Waals surface area contributed by atoms with Crippen molar-refractivity contribution in [2.45, 2.75) is 88.0 Å². The lowest BCUT2D eigenvalue weighted by molar-refractivity contribution is 0.758. The molecule has 1 aromatic rings. The molecular formula is C37H56. The third kappa shape index (κ3) is 9.69. The minimum Gasteiger partial charge on any atom is -0.103 e. The molecule has 0 fully saturated rings. The lowest BCUT2D eigenvalue weighted by Gasteiger charge is -2.36. The summed E-state index contributed by atoms with van der Waals surface area (Å²) in [4.78, 5) is 0. The number of fused-ring (bicyclic) bond motifs is 1. The highest BCUT2D eigenvalue weighted by molar-refractivity contribution is 5.94. The molecule has 0 N–H and O–H groups in total. The van der Waals surface area contributed by atoms with E-state index >= 15 is 0 Å². The van der Waals surface area contributed by atoms with Gasteiger partial charge in [0.15, 0.2) is 0 Å². The van der Waals surface area contributed by atoms with Gasteiger partial charge in [0.2, 0.25) is 0 Å². The predicted octanol–water partition coefficient (Wildman–Crippen LogP) is 12.3. The van der Waals surface area contributed by atoms with Crippen LogP contribution in [0, 0.1) is 0 Å². The standard InChI is InChI=1S/C28H32.C3H6.3C2H6/c1-7-13-19-23(17-9-3)28(22(11-5)16-8-2)26(18-10-4)24(12-6)25-20-14-15-21-27(25)28;1-3-2;3*1-2/h7-8,10-21H,1,4,9H2,2-3,5-6H3;3H,1H2,2H3;3*1-2H3/b16-8-,19-13-,22-11+,23-17+,24-12-,26-18+;;;;. The van der Waals surface area contributed by atoms with Gasteiger partial charge in [0, 0.05) is 0 Å². The van der Waals surface area contributed by atoms with Crippen molar-refractivity contribution >= 4 is 5.57 Å². The molecule has 1 aliphatic carbocycles. The van der Waals surface area contributed by atoms with Crippen molar-refractivity contribution < 1.29 is 0 Å². The zero-order chi connectivity index (χ0) is 29.3. The molecule has 1 unspecified atom stereocenters. The lowest BCUT2D eigenvalue weighted by atomic mass is 9.65. The smallest absolute Gasteiger partial charge is 0.0707 e. The Morgan fingerprint density at radius 1 is 0.811 bits per heavy atom. The molecule has 1 aromatic carbocycles. The summed E-state index contributed by atoms with van der Waals surface area (Å²) in [5.74, 6) is 0. The monoisotopic (exact) mass is 500 g/mol. The minimum atomic E-state index is -0.372. The molecule has 0 spiro atoms. The van der Waals surface area contributed by atoms with Crippen molar-refractivity contribution in [1.29, 1.82) is 0 Å². The summed E-state index contributed by atoms with van der Waals surface area (Å²) in [5.41, 5.74) is 7.30. The Bertz CT molecular complexity index is 954. The fraction of sp³-hybridized carbons (Fsp3) is 0.351. The average molecular weight is 501 g/mol. The predicted molar refractivity (Wildman–Crippen MR) is 176 cm³/mol. The molecule has 37 heavy (non-hydrogen) atoms. The van der Waals surface area contributed by atoms with E-state index in [2.05, 4.69) is 114 Å². The Kier molecular flexibility index (Phi) is 25.5. The van der Waals surface area contributed by atoms with Gasteiger partial charge < -0.3 is 0 Å². The fourth-order valence-corrected chi connectivity index (χ4v) is 4.32. The molecule has 0 saturated heterocycles. The first-order chi connectivity index (χ1) is 18.1. The van der Waals surface area contributed by atoms with Crippen LogP contribution in [0.2, 0.25) is 0 Å². The number of rotatable bonds is 7. The highest BCUT2D eigenvalue weighted by Gasteiger charge is 2.48. The Labute approximate surface area is 232 Å². The first-order valence-corrected chi connectivity index (χ1v) is 14.0. The van der Waals surface area contributed by atoms with Crippen molar-refractivity contribution in [2.24, 2.45) is 0 Å². The molecule has 204 valence electrons. The molecule has 0 radical (unpaired) electrons. The van der Waals surface area contributed by atoms with E-state index < -0.39 is 0 Å².